The minimum absolute atomic E-state index is 0.122. The van der Waals surface area contributed by atoms with Gasteiger partial charge in [0.1, 0.15) is 5.52 Å². The molecule has 2 aromatic carbocycles. The molecule has 0 spiro atoms. The molecule has 0 saturated heterocycles. The SMILES string of the molecule is Cc1c(C(=O)NNC(=O)c2csc3c2CCCC3)nnn1-c1ccc2noc(-c3ccccc3)c2c1. The number of aromatic nitrogens is 4. The number of benzene rings is 2. The molecule has 0 radical (unpaired) electrons. The van der Waals surface area contributed by atoms with Crippen molar-refractivity contribution < 1.29 is 14.1 Å². The summed E-state index contributed by atoms with van der Waals surface area (Å²) in [4.78, 5) is 26.8. The van der Waals surface area contributed by atoms with Gasteiger partial charge in [-0.15, -0.1) is 16.4 Å². The highest BCUT2D eigenvalue weighted by atomic mass is 32.1. The fourth-order valence-electron chi connectivity index (χ4n) is 4.57. The highest BCUT2D eigenvalue weighted by Gasteiger charge is 2.22. The summed E-state index contributed by atoms with van der Waals surface area (Å²) >= 11 is 1.60. The van der Waals surface area contributed by atoms with E-state index in [2.05, 4.69) is 26.3 Å². The van der Waals surface area contributed by atoms with Crippen LogP contribution in [0.4, 0.5) is 0 Å². The minimum atomic E-state index is -0.535. The highest BCUT2D eigenvalue weighted by molar-refractivity contribution is 7.10. The molecular formula is C26H22N6O3S. The lowest BCUT2D eigenvalue weighted by molar-refractivity contribution is 0.0843. The van der Waals surface area contributed by atoms with Gasteiger partial charge in [-0.2, -0.15) is 0 Å². The molecule has 1 aliphatic carbocycles. The predicted molar refractivity (Wildman–Crippen MR) is 135 cm³/mol. The second-order valence-electron chi connectivity index (χ2n) is 8.68. The molecule has 36 heavy (non-hydrogen) atoms. The molecule has 5 aromatic rings. The summed E-state index contributed by atoms with van der Waals surface area (Å²) in [5.74, 6) is -0.201. The summed E-state index contributed by atoms with van der Waals surface area (Å²) < 4.78 is 7.16. The van der Waals surface area contributed by atoms with Crippen molar-refractivity contribution in [1.29, 1.82) is 0 Å². The number of carbonyl (C=O) groups excluding carboxylic acids is 2. The van der Waals surface area contributed by atoms with Gasteiger partial charge in [0.25, 0.3) is 11.8 Å². The monoisotopic (exact) mass is 498 g/mol. The van der Waals surface area contributed by atoms with E-state index in [0.29, 0.717) is 28.2 Å². The Morgan fingerprint density at radius 3 is 2.69 bits per heavy atom. The number of nitrogens with one attached hydrogen (secondary N) is 2. The maximum absolute atomic E-state index is 12.8. The number of hydrogen-bond donors (Lipinski definition) is 2. The molecule has 3 aromatic heterocycles. The topological polar surface area (TPSA) is 115 Å². The van der Waals surface area contributed by atoms with Gasteiger partial charge in [0.2, 0.25) is 0 Å². The third-order valence-corrected chi connectivity index (χ3v) is 7.53. The Labute approximate surface area is 210 Å². The van der Waals surface area contributed by atoms with Gasteiger partial charge in [-0.25, -0.2) is 4.68 Å². The van der Waals surface area contributed by atoms with E-state index in [0.717, 1.165) is 42.2 Å². The van der Waals surface area contributed by atoms with Crippen LogP contribution >= 0.6 is 11.3 Å². The lowest BCUT2D eigenvalue weighted by atomic mass is 9.96. The van der Waals surface area contributed by atoms with E-state index < -0.39 is 5.91 Å². The fourth-order valence-corrected chi connectivity index (χ4v) is 5.69. The summed E-state index contributed by atoms with van der Waals surface area (Å²) in [7, 11) is 0. The van der Waals surface area contributed by atoms with Gasteiger partial charge < -0.3 is 4.52 Å². The molecular weight excluding hydrogens is 476 g/mol. The molecule has 2 N–H and O–H groups in total. The van der Waals surface area contributed by atoms with Crippen molar-refractivity contribution in [3.63, 3.8) is 0 Å². The number of fused-ring (bicyclic) bond motifs is 2. The molecule has 0 atom stereocenters. The molecule has 9 nitrogen and oxygen atoms in total. The summed E-state index contributed by atoms with van der Waals surface area (Å²) in [5, 5.41) is 15.1. The first-order valence-electron chi connectivity index (χ1n) is 11.7. The molecule has 0 saturated carbocycles. The van der Waals surface area contributed by atoms with Gasteiger partial charge in [0.15, 0.2) is 11.5 Å². The summed E-state index contributed by atoms with van der Waals surface area (Å²) in [5.41, 5.74) is 9.73. The van der Waals surface area contributed by atoms with E-state index in [-0.39, 0.29) is 11.6 Å². The first-order valence-corrected chi connectivity index (χ1v) is 12.6. The largest absolute Gasteiger partial charge is 0.355 e. The van der Waals surface area contributed by atoms with Crippen molar-refractivity contribution >= 4 is 34.1 Å². The Morgan fingerprint density at radius 2 is 1.83 bits per heavy atom. The van der Waals surface area contributed by atoms with Crippen LogP contribution in [0.2, 0.25) is 0 Å². The van der Waals surface area contributed by atoms with Crippen LogP contribution in [0.15, 0.2) is 58.4 Å². The van der Waals surface area contributed by atoms with Crippen LogP contribution in [0, 0.1) is 6.92 Å². The van der Waals surface area contributed by atoms with Crippen molar-refractivity contribution in [2.75, 3.05) is 0 Å². The number of aryl methyl sites for hydroxylation is 1. The quantitative estimate of drug-likeness (QED) is 0.355. The van der Waals surface area contributed by atoms with Gasteiger partial charge in [0, 0.05) is 15.8 Å². The van der Waals surface area contributed by atoms with E-state index in [1.165, 1.54) is 4.88 Å². The lowest BCUT2D eigenvalue weighted by Gasteiger charge is -2.13. The maximum atomic E-state index is 12.8. The van der Waals surface area contributed by atoms with E-state index in [1.54, 1.807) is 22.9 Å². The Hall–Kier alpha value is -4.31. The Bertz CT molecular complexity index is 1600. The third kappa shape index (κ3) is 3.85. The molecule has 6 rings (SSSR count). The Balaban J connectivity index is 1.22. The number of thiophene rings is 1. The molecule has 0 bridgehead atoms. The number of hydrogen-bond acceptors (Lipinski definition) is 7. The number of amides is 2. The van der Waals surface area contributed by atoms with Gasteiger partial charge in [-0.05, 0) is 56.4 Å². The van der Waals surface area contributed by atoms with Crippen molar-refractivity contribution in [3.8, 4) is 17.0 Å². The Kier molecular flexibility index (Phi) is 5.57. The van der Waals surface area contributed by atoms with Gasteiger partial charge in [-0.1, -0.05) is 40.7 Å². The van der Waals surface area contributed by atoms with Crippen LogP contribution < -0.4 is 10.9 Å². The first kappa shape index (κ1) is 22.2. The van der Waals surface area contributed by atoms with Crippen LogP contribution in [0.25, 0.3) is 27.9 Å². The number of nitrogens with zero attached hydrogens (tertiary/aromatic N) is 4. The lowest BCUT2D eigenvalue weighted by Crippen LogP contribution is -2.42. The van der Waals surface area contributed by atoms with E-state index in [1.807, 2.05) is 53.9 Å². The predicted octanol–water partition coefficient (Wildman–Crippen LogP) is 4.40. The van der Waals surface area contributed by atoms with E-state index in [4.69, 9.17) is 4.52 Å². The Morgan fingerprint density at radius 1 is 1.03 bits per heavy atom. The average molecular weight is 499 g/mol. The van der Waals surface area contributed by atoms with E-state index in [9.17, 15) is 9.59 Å². The third-order valence-electron chi connectivity index (χ3n) is 6.45. The van der Waals surface area contributed by atoms with Gasteiger partial charge >= 0.3 is 0 Å². The zero-order valence-corrected chi connectivity index (χ0v) is 20.3. The van der Waals surface area contributed by atoms with Crippen LogP contribution in [-0.2, 0) is 12.8 Å². The average Bonchev–Trinajstić information content (AvgIpc) is 3.63. The number of rotatable bonds is 4. The second-order valence-corrected chi connectivity index (χ2v) is 9.65. The summed E-state index contributed by atoms with van der Waals surface area (Å²) in [6, 6.07) is 15.3. The van der Waals surface area contributed by atoms with Crippen molar-refractivity contribution in [2.45, 2.75) is 32.6 Å². The molecule has 0 fully saturated rings. The maximum Gasteiger partial charge on any atom is 0.292 e. The fraction of sp³-hybridized carbons (Fsp3) is 0.192. The molecule has 10 heteroatoms. The number of hydrazine groups is 1. The smallest absolute Gasteiger partial charge is 0.292 e. The van der Waals surface area contributed by atoms with Gasteiger partial charge in [-0.3, -0.25) is 20.4 Å². The van der Waals surface area contributed by atoms with Crippen molar-refractivity contribution in [3.05, 3.63) is 81.3 Å². The first-order chi connectivity index (χ1) is 17.6. The molecule has 1 aliphatic rings. The zero-order valence-electron chi connectivity index (χ0n) is 19.4. The van der Waals surface area contributed by atoms with Crippen LogP contribution in [0.1, 0.15) is 49.8 Å². The summed E-state index contributed by atoms with van der Waals surface area (Å²) in [6.07, 6.45) is 4.13. The normalized spacial score (nSPS) is 12.9. The second kappa shape index (κ2) is 9.04. The van der Waals surface area contributed by atoms with Crippen LogP contribution in [-0.4, -0.2) is 32.0 Å². The highest BCUT2D eigenvalue weighted by Crippen LogP contribution is 2.31. The van der Waals surface area contributed by atoms with Gasteiger partial charge in [0.05, 0.1) is 22.3 Å². The molecule has 0 aliphatic heterocycles. The summed E-state index contributed by atoms with van der Waals surface area (Å²) in [6.45, 7) is 1.75. The van der Waals surface area contributed by atoms with Crippen molar-refractivity contribution in [2.24, 2.45) is 0 Å². The number of carbonyl (C=O) groups is 2. The van der Waals surface area contributed by atoms with Crippen LogP contribution in [0.5, 0.6) is 0 Å². The van der Waals surface area contributed by atoms with Crippen molar-refractivity contribution in [1.82, 2.24) is 31.0 Å². The molecule has 2 amide bonds. The standard InChI is InChI=1S/C26H22N6O3S/c1-15-23(26(34)29-28-25(33)20-14-36-22-10-6-5-9-18(20)22)27-31-32(15)17-11-12-21-19(13-17)24(35-30-21)16-7-3-2-4-8-16/h2-4,7-8,11-14H,5-6,9-10H2,1H3,(H,28,33)(H,29,34). The van der Waals surface area contributed by atoms with E-state index >= 15 is 0 Å². The molecule has 0 unspecified atom stereocenters. The minimum Gasteiger partial charge on any atom is -0.355 e. The molecule has 3 heterocycles. The zero-order chi connectivity index (χ0) is 24.6. The molecule has 180 valence electrons. The van der Waals surface area contributed by atoms with Crippen LogP contribution in [0.3, 0.4) is 0 Å².